The van der Waals surface area contributed by atoms with Crippen molar-refractivity contribution in [3.8, 4) is 5.75 Å². The zero-order valence-corrected chi connectivity index (χ0v) is 15.9. The van der Waals surface area contributed by atoms with Crippen molar-refractivity contribution in [3.63, 3.8) is 0 Å². The number of hydrogen-bond donors (Lipinski definition) is 1. The molecule has 0 saturated carbocycles. The summed E-state index contributed by atoms with van der Waals surface area (Å²) in [6.07, 6.45) is 0. The fraction of sp³-hybridized carbons (Fsp3) is 0.100. The third-order valence-electron chi connectivity index (χ3n) is 3.77. The van der Waals surface area contributed by atoms with Gasteiger partial charge >= 0.3 is 0 Å². The molecule has 0 unspecified atom stereocenters. The molecular weight excluding hydrogens is 396 g/mol. The molecule has 0 aliphatic carbocycles. The van der Waals surface area contributed by atoms with Crippen LogP contribution in [0.2, 0.25) is 15.1 Å². The second kappa shape index (κ2) is 8.63. The summed E-state index contributed by atoms with van der Waals surface area (Å²) in [5.74, 6) is 0.235. The van der Waals surface area contributed by atoms with Crippen molar-refractivity contribution in [1.29, 1.82) is 0 Å². The second-order valence-corrected chi connectivity index (χ2v) is 6.87. The fourth-order valence-electron chi connectivity index (χ4n) is 2.40. The van der Waals surface area contributed by atoms with Crippen LogP contribution in [-0.4, -0.2) is 0 Å². The summed E-state index contributed by atoms with van der Waals surface area (Å²) >= 11 is 18.1. The highest BCUT2D eigenvalue weighted by atomic mass is 35.5. The van der Waals surface area contributed by atoms with Crippen molar-refractivity contribution in [1.82, 2.24) is 0 Å². The number of rotatable bonds is 6. The second-order valence-electron chi connectivity index (χ2n) is 5.61. The van der Waals surface area contributed by atoms with E-state index in [2.05, 4.69) is 5.32 Å². The van der Waals surface area contributed by atoms with Gasteiger partial charge in [0, 0.05) is 33.4 Å². The summed E-state index contributed by atoms with van der Waals surface area (Å²) in [7, 11) is 0. The zero-order valence-electron chi connectivity index (χ0n) is 13.6. The molecule has 6 heteroatoms. The van der Waals surface area contributed by atoms with Gasteiger partial charge in [-0.25, -0.2) is 4.39 Å². The Morgan fingerprint density at radius 1 is 0.846 bits per heavy atom. The molecule has 0 amide bonds. The molecule has 3 aromatic carbocycles. The summed E-state index contributed by atoms with van der Waals surface area (Å²) < 4.78 is 19.2. The van der Waals surface area contributed by atoms with Gasteiger partial charge in [-0.15, -0.1) is 0 Å². The topological polar surface area (TPSA) is 21.3 Å². The van der Waals surface area contributed by atoms with Crippen molar-refractivity contribution in [2.75, 3.05) is 5.32 Å². The summed E-state index contributed by atoms with van der Waals surface area (Å²) in [4.78, 5) is 0. The maximum absolute atomic E-state index is 13.3. The van der Waals surface area contributed by atoms with Crippen LogP contribution in [0.5, 0.6) is 5.75 Å². The highest BCUT2D eigenvalue weighted by Gasteiger charge is 2.08. The normalized spacial score (nSPS) is 10.6. The van der Waals surface area contributed by atoms with Crippen LogP contribution >= 0.6 is 34.8 Å². The average molecular weight is 411 g/mol. The highest BCUT2D eigenvalue weighted by Crippen LogP contribution is 2.27. The first-order valence-electron chi connectivity index (χ1n) is 7.86. The van der Waals surface area contributed by atoms with Gasteiger partial charge < -0.3 is 10.1 Å². The lowest BCUT2D eigenvalue weighted by Gasteiger charge is -2.14. The van der Waals surface area contributed by atoms with Crippen LogP contribution in [0.25, 0.3) is 0 Å². The van der Waals surface area contributed by atoms with E-state index in [4.69, 9.17) is 39.5 Å². The predicted molar refractivity (Wildman–Crippen MR) is 106 cm³/mol. The molecule has 3 aromatic rings. The first-order chi connectivity index (χ1) is 12.5. The van der Waals surface area contributed by atoms with Crippen LogP contribution in [0.4, 0.5) is 10.1 Å². The largest absolute Gasteiger partial charge is 0.488 e. The molecule has 0 radical (unpaired) electrons. The van der Waals surface area contributed by atoms with E-state index in [0.29, 0.717) is 34.6 Å². The summed E-state index contributed by atoms with van der Waals surface area (Å²) in [6, 6.07) is 17.4. The molecule has 0 spiro atoms. The third kappa shape index (κ3) is 4.82. The first kappa shape index (κ1) is 18.8. The molecule has 0 atom stereocenters. The van der Waals surface area contributed by atoms with E-state index < -0.39 is 5.82 Å². The molecule has 0 aromatic heterocycles. The number of ether oxygens (including phenoxy) is 1. The Hall–Kier alpha value is -1.94. The van der Waals surface area contributed by atoms with Crippen molar-refractivity contribution in [2.45, 2.75) is 13.2 Å². The smallest absolute Gasteiger partial charge is 0.141 e. The molecule has 2 nitrogen and oxygen atoms in total. The van der Waals surface area contributed by atoms with Gasteiger partial charge in [-0.3, -0.25) is 0 Å². The quantitative estimate of drug-likeness (QED) is 0.473. The number of hydrogen-bond acceptors (Lipinski definition) is 2. The van der Waals surface area contributed by atoms with Gasteiger partial charge in [0.1, 0.15) is 18.2 Å². The number of anilines is 1. The van der Waals surface area contributed by atoms with Crippen LogP contribution in [0, 0.1) is 5.82 Å². The minimum Gasteiger partial charge on any atom is -0.488 e. The Bertz CT molecular complexity index is 917. The van der Waals surface area contributed by atoms with E-state index in [1.165, 1.54) is 12.1 Å². The van der Waals surface area contributed by atoms with Crippen LogP contribution in [0.1, 0.15) is 11.1 Å². The van der Waals surface area contributed by atoms with Gasteiger partial charge in [-0.1, -0.05) is 53.0 Å². The molecule has 26 heavy (non-hydrogen) atoms. The molecule has 3 rings (SSSR count). The molecule has 0 heterocycles. The van der Waals surface area contributed by atoms with E-state index in [0.717, 1.165) is 11.1 Å². The highest BCUT2D eigenvalue weighted by molar-refractivity contribution is 6.31. The van der Waals surface area contributed by atoms with E-state index in [1.807, 2.05) is 36.4 Å². The van der Waals surface area contributed by atoms with E-state index in [-0.39, 0.29) is 5.02 Å². The summed E-state index contributed by atoms with van der Waals surface area (Å²) in [6.45, 7) is 0.789. The Labute approximate surface area is 166 Å². The standard InChI is InChI=1S/C20H15Cl3FNO/c21-15-5-8-20(26-12-13-3-1-2-4-17(13)22)14(9-15)11-25-16-6-7-19(24)18(23)10-16/h1-10,25H,11-12H2. The summed E-state index contributed by atoms with van der Waals surface area (Å²) in [5, 5.41) is 4.51. The molecule has 0 bridgehead atoms. The number of benzene rings is 3. The van der Waals surface area contributed by atoms with Gasteiger partial charge in [-0.05, 0) is 42.5 Å². The minimum absolute atomic E-state index is 0.0660. The monoisotopic (exact) mass is 409 g/mol. The third-order valence-corrected chi connectivity index (χ3v) is 4.66. The minimum atomic E-state index is -0.455. The Balaban J connectivity index is 1.73. The van der Waals surface area contributed by atoms with Gasteiger partial charge in [0.2, 0.25) is 0 Å². The van der Waals surface area contributed by atoms with Gasteiger partial charge in [0.05, 0.1) is 5.02 Å². The molecule has 0 aliphatic heterocycles. The van der Waals surface area contributed by atoms with Crippen molar-refractivity contribution in [3.05, 3.63) is 92.7 Å². The van der Waals surface area contributed by atoms with Crippen LogP contribution in [-0.2, 0) is 13.2 Å². The van der Waals surface area contributed by atoms with Gasteiger partial charge in [0.25, 0.3) is 0 Å². The molecule has 0 saturated heterocycles. The lowest BCUT2D eigenvalue weighted by molar-refractivity contribution is 0.303. The lowest BCUT2D eigenvalue weighted by Crippen LogP contribution is -2.04. The summed E-state index contributed by atoms with van der Waals surface area (Å²) in [5.41, 5.74) is 2.46. The van der Waals surface area contributed by atoms with Crippen molar-refractivity contribution >= 4 is 40.5 Å². The maximum Gasteiger partial charge on any atom is 0.141 e. The van der Waals surface area contributed by atoms with Crippen LogP contribution in [0.15, 0.2) is 60.7 Å². The van der Waals surface area contributed by atoms with Crippen molar-refractivity contribution < 1.29 is 9.13 Å². The van der Waals surface area contributed by atoms with Gasteiger partial charge in [-0.2, -0.15) is 0 Å². The molecule has 1 N–H and O–H groups in total. The number of nitrogens with one attached hydrogen (secondary N) is 1. The Morgan fingerprint density at radius 3 is 2.42 bits per heavy atom. The molecule has 0 aliphatic rings. The molecule has 0 fully saturated rings. The van der Waals surface area contributed by atoms with Gasteiger partial charge in [0.15, 0.2) is 0 Å². The van der Waals surface area contributed by atoms with Crippen molar-refractivity contribution in [2.24, 2.45) is 0 Å². The maximum atomic E-state index is 13.3. The van der Waals surface area contributed by atoms with Crippen LogP contribution < -0.4 is 10.1 Å². The predicted octanol–water partition coefficient (Wildman–Crippen LogP) is 6.98. The SMILES string of the molecule is Fc1ccc(NCc2cc(Cl)ccc2OCc2ccccc2Cl)cc1Cl. The first-order valence-corrected chi connectivity index (χ1v) is 9.00. The fourth-order valence-corrected chi connectivity index (χ4v) is 2.97. The van der Waals surface area contributed by atoms with E-state index >= 15 is 0 Å². The Kier molecular flexibility index (Phi) is 6.25. The lowest BCUT2D eigenvalue weighted by atomic mass is 10.2. The van der Waals surface area contributed by atoms with E-state index in [1.54, 1.807) is 12.1 Å². The van der Waals surface area contributed by atoms with E-state index in [9.17, 15) is 4.39 Å². The zero-order chi connectivity index (χ0) is 18.5. The van der Waals surface area contributed by atoms with Crippen LogP contribution in [0.3, 0.4) is 0 Å². The molecule has 134 valence electrons. The number of halogens is 4. The average Bonchev–Trinajstić information content (AvgIpc) is 2.63. The Morgan fingerprint density at radius 2 is 1.65 bits per heavy atom. The molecular formula is C20H15Cl3FNO.